The lowest BCUT2D eigenvalue weighted by atomic mass is 9.65. The summed E-state index contributed by atoms with van der Waals surface area (Å²) in [4.78, 5) is 17.0. The van der Waals surface area contributed by atoms with Crippen LogP contribution in [0.25, 0.3) is 11.0 Å². The minimum absolute atomic E-state index is 0.0357. The summed E-state index contributed by atoms with van der Waals surface area (Å²) in [6.07, 6.45) is 0.0191. The highest BCUT2D eigenvalue weighted by atomic mass is 16.3. The number of hydrogen-bond acceptors (Lipinski definition) is 6. The number of aliphatic hydroxyl groups excluding tert-OH is 2. The van der Waals surface area contributed by atoms with Gasteiger partial charge in [-0.15, -0.1) is 0 Å². The quantitative estimate of drug-likeness (QED) is 0.506. The van der Waals surface area contributed by atoms with E-state index in [9.17, 15) is 15.0 Å². The zero-order valence-corrected chi connectivity index (χ0v) is 14.0. The maximum Gasteiger partial charge on any atom is 0.224 e. The van der Waals surface area contributed by atoms with E-state index in [4.69, 9.17) is 0 Å². The Morgan fingerprint density at radius 2 is 2.12 bits per heavy atom. The number of aromatic amines is 1. The van der Waals surface area contributed by atoms with Crippen molar-refractivity contribution in [2.75, 3.05) is 13.1 Å². The lowest BCUT2D eigenvalue weighted by Gasteiger charge is -2.43. The van der Waals surface area contributed by atoms with Crippen LogP contribution in [0.3, 0.4) is 0 Å². The zero-order valence-electron chi connectivity index (χ0n) is 14.0. The van der Waals surface area contributed by atoms with Crippen molar-refractivity contribution in [2.24, 2.45) is 23.7 Å². The van der Waals surface area contributed by atoms with E-state index in [1.807, 2.05) is 19.1 Å². The summed E-state index contributed by atoms with van der Waals surface area (Å²) in [5.74, 6) is -0.765. The third-order valence-corrected chi connectivity index (χ3v) is 5.82. The largest absolute Gasteiger partial charge is 0.390 e. The molecule has 1 aliphatic carbocycles. The molecular formula is C17H23N5O3. The Kier molecular flexibility index (Phi) is 4.18. The SMILES string of the molecule is C[C@H]1[C@H](O)[C@@H](O)[C@H]2CNC[C@@H]2[C@H]1C(=O)NCc1[nH]nc2ncccc12. The molecule has 5 N–H and O–H groups in total. The first-order valence-corrected chi connectivity index (χ1v) is 8.70. The number of nitrogens with one attached hydrogen (secondary N) is 3. The van der Waals surface area contributed by atoms with Gasteiger partial charge < -0.3 is 20.8 Å². The molecular weight excluding hydrogens is 322 g/mol. The Balaban J connectivity index is 1.50. The highest BCUT2D eigenvalue weighted by Crippen LogP contribution is 2.41. The normalized spacial score (nSPS) is 34.8. The summed E-state index contributed by atoms with van der Waals surface area (Å²) in [6.45, 7) is 3.49. The van der Waals surface area contributed by atoms with Gasteiger partial charge in [0, 0.05) is 30.0 Å². The fourth-order valence-electron chi connectivity index (χ4n) is 4.42. The predicted molar refractivity (Wildman–Crippen MR) is 90.3 cm³/mol. The van der Waals surface area contributed by atoms with Crippen molar-refractivity contribution in [1.82, 2.24) is 25.8 Å². The van der Waals surface area contributed by atoms with Gasteiger partial charge in [-0.25, -0.2) is 4.98 Å². The van der Waals surface area contributed by atoms with Gasteiger partial charge in [0.2, 0.25) is 5.91 Å². The number of nitrogens with zero attached hydrogens (tertiary/aromatic N) is 2. The van der Waals surface area contributed by atoms with Gasteiger partial charge in [0.15, 0.2) is 5.65 Å². The number of pyridine rings is 1. The molecule has 1 amide bonds. The number of amides is 1. The average Bonchev–Trinajstić information content (AvgIpc) is 3.25. The lowest BCUT2D eigenvalue weighted by molar-refractivity contribution is -0.146. The van der Waals surface area contributed by atoms with Crippen molar-refractivity contribution in [3.8, 4) is 0 Å². The summed E-state index contributed by atoms with van der Waals surface area (Å²) in [5, 5.41) is 34.7. The molecule has 8 nitrogen and oxygen atoms in total. The average molecular weight is 345 g/mol. The first-order valence-electron chi connectivity index (χ1n) is 8.70. The molecule has 1 aliphatic heterocycles. The molecule has 0 radical (unpaired) electrons. The van der Waals surface area contributed by atoms with Gasteiger partial charge in [-0.1, -0.05) is 6.92 Å². The van der Waals surface area contributed by atoms with Crippen LogP contribution in [-0.2, 0) is 11.3 Å². The maximum absolute atomic E-state index is 12.9. The van der Waals surface area contributed by atoms with E-state index in [-0.39, 0.29) is 29.6 Å². The van der Waals surface area contributed by atoms with Gasteiger partial charge >= 0.3 is 0 Å². The molecule has 2 fully saturated rings. The second-order valence-corrected chi connectivity index (χ2v) is 7.15. The van der Waals surface area contributed by atoms with Gasteiger partial charge in [-0.05, 0) is 30.5 Å². The summed E-state index contributed by atoms with van der Waals surface area (Å²) in [7, 11) is 0. The lowest BCUT2D eigenvalue weighted by Crippen LogP contribution is -2.55. The van der Waals surface area contributed by atoms with Gasteiger partial charge in [0.25, 0.3) is 0 Å². The molecule has 134 valence electrons. The number of H-pyrrole nitrogens is 1. The van der Waals surface area contributed by atoms with Crippen LogP contribution in [0.4, 0.5) is 0 Å². The molecule has 0 bridgehead atoms. The topological polar surface area (TPSA) is 123 Å². The Morgan fingerprint density at radius 3 is 2.96 bits per heavy atom. The Morgan fingerprint density at radius 1 is 1.32 bits per heavy atom. The van der Waals surface area contributed by atoms with Crippen molar-refractivity contribution < 1.29 is 15.0 Å². The zero-order chi connectivity index (χ0) is 17.6. The van der Waals surface area contributed by atoms with Crippen molar-refractivity contribution in [3.05, 3.63) is 24.0 Å². The van der Waals surface area contributed by atoms with Crippen molar-refractivity contribution in [2.45, 2.75) is 25.7 Å². The number of fused-ring (bicyclic) bond motifs is 2. The van der Waals surface area contributed by atoms with Crippen LogP contribution < -0.4 is 10.6 Å². The van der Waals surface area contributed by atoms with Crippen LogP contribution >= 0.6 is 0 Å². The number of hydrogen-bond donors (Lipinski definition) is 5. The third kappa shape index (κ3) is 2.70. The van der Waals surface area contributed by atoms with Gasteiger partial charge in [0.1, 0.15) is 0 Å². The summed E-state index contributed by atoms with van der Waals surface area (Å²) < 4.78 is 0. The number of aliphatic hydroxyl groups is 2. The molecule has 0 unspecified atom stereocenters. The van der Waals surface area contributed by atoms with Crippen molar-refractivity contribution in [3.63, 3.8) is 0 Å². The highest BCUT2D eigenvalue weighted by molar-refractivity contribution is 5.81. The fourth-order valence-corrected chi connectivity index (χ4v) is 4.42. The molecule has 0 spiro atoms. The van der Waals surface area contributed by atoms with E-state index in [0.29, 0.717) is 25.3 Å². The molecule has 6 atom stereocenters. The molecule has 4 rings (SSSR count). The van der Waals surface area contributed by atoms with Gasteiger partial charge in [-0.3, -0.25) is 9.89 Å². The number of carbonyl (C=O) groups is 1. The summed E-state index contributed by atoms with van der Waals surface area (Å²) in [6, 6.07) is 3.74. The maximum atomic E-state index is 12.9. The standard InChI is InChI=1S/C17H23N5O3/c1-8-13(10-5-18-6-11(10)15(24)14(8)23)17(25)20-7-12-9-3-2-4-19-16(9)22-21-12/h2-4,8,10-11,13-15,18,23-24H,5-7H2,1H3,(H,20,25)(H,19,21,22)/t8-,10+,11+,13+,14+,15+/m1/s1. The first kappa shape index (κ1) is 16.4. The minimum atomic E-state index is -0.880. The van der Waals surface area contributed by atoms with Crippen LogP contribution in [-0.4, -0.2) is 56.6 Å². The second kappa shape index (κ2) is 6.36. The van der Waals surface area contributed by atoms with E-state index in [0.717, 1.165) is 11.1 Å². The minimum Gasteiger partial charge on any atom is -0.390 e. The Bertz CT molecular complexity index is 778. The van der Waals surface area contributed by atoms with Crippen LogP contribution in [0, 0.1) is 23.7 Å². The number of rotatable bonds is 3. The molecule has 1 saturated heterocycles. The fraction of sp³-hybridized carbons (Fsp3) is 0.588. The van der Waals surface area contributed by atoms with E-state index in [1.54, 1.807) is 6.20 Å². The van der Waals surface area contributed by atoms with Crippen LogP contribution in [0.5, 0.6) is 0 Å². The van der Waals surface area contributed by atoms with Crippen LogP contribution in [0.2, 0.25) is 0 Å². The molecule has 3 heterocycles. The van der Waals surface area contributed by atoms with Gasteiger partial charge in [-0.2, -0.15) is 5.10 Å². The number of carbonyl (C=O) groups excluding carboxylic acids is 1. The van der Waals surface area contributed by atoms with E-state index in [2.05, 4.69) is 25.8 Å². The smallest absolute Gasteiger partial charge is 0.224 e. The number of aromatic nitrogens is 3. The molecule has 2 aromatic rings. The van der Waals surface area contributed by atoms with E-state index in [1.165, 1.54) is 0 Å². The van der Waals surface area contributed by atoms with E-state index >= 15 is 0 Å². The Hall–Kier alpha value is -2.03. The molecule has 8 heteroatoms. The monoisotopic (exact) mass is 345 g/mol. The molecule has 2 aromatic heterocycles. The Labute approximate surface area is 145 Å². The predicted octanol–water partition coefficient (Wildman–Crippen LogP) is -0.603. The molecule has 0 aromatic carbocycles. The van der Waals surface area contributed by atoms with E-state index < -0.39 is 12.2 Å². The summed E-state index contributed by atoms with van der Waals surface area (Å²) in [5.41, 5.74) is 1.43. The highest BCUT2D eigenvalue weighted by Gasteiger charge is 2.52. The summed E-state index contributed by atoms with van der Waals surface area (Å²) >= 11 is 0. The molecule has 25 heavy (non-hydrogen) atoms. The van der Waals surface area contributed by atoms with Crippen molar-refractivity contribution >= 4 is 16.9 Å². The first-order chi connectivity index (χ1) is 12.1. The second-order valence-electron chi connectivity index (χ2n) is 7.15. The third-order valence-electron chi connectivity index (χ3n) is 5.82. The molecule has 1 saturated carbocycles. The molecule has 2 aliphatic rings. The van der Waals surface area contributed by atoms with Crippen LogP contribution in [0.15, 0.2) is 18.3 Å². The van der Waals surface area contributed by atoms with Crippen LogP contribution in [0.1, 0.15) is 12.6 Å². The van der Waals surface area contributed by atoms with Gasteiger partial charge in [0.05, 0.1) is 24.4 Å². The van der Waals surface area contributed by atoms with Crippen molar-refractivity contribution in [1.29, 1.82) is 0 Å².